The number of amides is 2. The summed E-state index contributed by atoms with van der Waals surface area (Å²) in [5.41, 5.74) is 0.661. The van der Waals surface area contributed by atoms with Crippen LogP contribution in [-0.2, 0) is 4.79 Å². The summed E-state index contributed by atoms with van der Waals surface area (Å²) in [6, 6.07) is 3.43. The van der Waals surface area contributed by atoms with Gasteiger partial charge in [-0.2, -0.15) is 0 Å². The molecule has 1 aliphatic rings. The molecule has 1 fully saturated rings. The SMILES string of the molecule is C=CCN1C(=O)S/C(=C\c2cc(Cl)c(OC(C)C)c(OCC)c2)C1=O. The molecule has 1 aromatic rings. The van der Waals surface area contributed by atoms with Gasteiger partial charge < -0.3 is 9.47 Å². The number of halogens is 1. The van der Waals surface area contributed by atoms with Crippen molar-refractivity contribution >= 4 is 40.6 Å². The summed E-state index contributed by atoms with van der Waals surface area (Å²) in [7, 11) is 0. The third-order valence-corrected chi connectivity index (χ3v) is 4.36. The highest BCUT2D eigenvalue weighted by Crippen LogP contribution is 2.39. The number of carbonyl (C=O) groups excluding carboxylic acids is 2. The molecule has 2 rings (SSSR count). The minimum atomic E-state index is -0.341. The summed E-state index contributed by atoms with van der Waals surface area (Å²) in [5, 5.41) is 0.0725. The van der Waals surface area contributed by atoms with Gasteiger partial charge in [-0.1, -0.05) is 17.7 Å². The quantitative estimate of drug-likeness (QED) is 0.504. The predicted octanol–water partition coefficient (Wildman–Crippen LogP) is 4.75. The van der Waals surface area contributed by atoms with Gasteiger partial charge in [-0.15, -0.1) is 6.58 Å². The molecule has 0 radical (unpaired) electrons. The molecule has 1 aliphatic heterocycles. The Kier molecular flexibility index (Phi) is 6.56. The van der Waals surface area contributed by atoms with Crippen LogP contribution in [0.3, 0.4) is 0 Å². The highest BCUT2D eigenvalue weighted by atomic mass is 35.5. The van der Waals surface area contributed by atoms with Gasteiger partial charge in [0, 0.05) is 6.54 Å². The summed E-state index contributed by atoms with van der Waals surface area (Å²) in [5.74, 6) is 0.627. The van der Waals surface area contributed by atoms with Crippen LogP contribution in [-0.4, -0.2) is 35.3 Å². The molecule has 0 unspecified atom stereocenters. The van der Waals surface area contributed by atoms with Gasteiger partial charge in [0.25, 0.3) is 11.1 Å². The van der Waals surface area contributed by atoms with Gasteiger partial charge in [0.15, 0.2) is 11.5 Å². The minimum absolute atomic E-state index is 0.0574. The fourth-order valence-electron chi connectivity index (χ4n) is 2.22. The second-order valence-corrected chi connectivity index (χ2v) is 6.91. The first-order valence-electron chi connectivity index (χ1n) is 7.86. The smallest absolute Gasteiger partial charge is 0.293 e. The molecule has 134 valence electrons. The molecule has 2 amide bonds. The van der Waals surface area contributed by atoms with E-state index >= 15 is 0 Å². The predicted molar refractivity (Wildman–Crippen MR) is 101 cm³/mol. The van der Waals surface area contributed by atoms with E-state index in [2.05, 4.69) is 6.58 Å². The van der Waals surface area contributed by atoms with E-state index in [0.29, 0.717) is 33.6 Å². The van der Waals surface area contributed by atoms with E-state index in [1.54, 1.807) is 18.2 Å². The Morgan fingerprint density at radius 3 is 2.68 bits per heavy atom. The number of thioether (sulfide) groups is 1. The molecule has 0 aliphatic carbocycles. The van der Waals surface area contributed by atoms with E-state index in [-0.39, 0.29) is 23.8 Å². The second kappa shape index (κ2) is 8.45. The maximum Gasteiger partial charge on any atom is 0.293 e. The highest BCUT2D eigenvalue weighted by Gasteiger charge is 2.34. The molecule has 7 heteroatoms. The van der Waals surface area contributed by atoms with Crippen LogP contribution in [0.2, 0.25) is 5.02 Å². The van der Waals surface area contributed by atoms with Gasteiger partial charge >= 0.3 is 0 Å². The lowest BCUT2D eigenvalue weighted by Crippen LogP contribution is -2.27. The molecule has 1 heterocycles. The number of hydrogen-bond acceptors (Lipinski definition) is 5. The molecular weight excluding hydrogens is 362 g/mol. The van der Waals surface area contributed by atoms with Crippen molar-refractivity contribution in [1.82, 2.24) is 4.90 Å². The summed E-state index contributed by atoms with van der Waals surface area (Å²) in [6.07, 6.45) is 3.08. The van der Waals surface area contributed by atoms with Crippen molar-refractivity contribution in [2.75, 3.05) is 13.2 Å². The van der Waals surface area contributed by atoms with E-state index in [1.165, 1.54) is 6.08 Å². The van der Waals surface area contributed by atoms with Gasteiger partial charge in [0.1, 0.15) is 0 Å². The Morgan fingerprint density at radius 2 is 2.08 bits per heavy atom. The van der Waals surface area contributed by atoms with Crippen LogP contribution in [0.4, 0.5) is 4.79 Å². The molecule has 0 aromatic heterocycles. The van der Waals surface area contributed by atoms with Crippen LogP contribution in [0.5, 0.6) is 11.5 Å². The van der Waals surface area contributed by atoms with Crippen molar-refractivity contribution in [2.24, 2.45) is 0 Å². The number of imide groups is 1. The molecule has 0 bridgehead atoms. The Morgan fingerprint density at radius 1 is 1.36 bits per heavy atom. The average Bonchev–Trinajstić information content (AvgIpc) is 2.79. The molecule has 25 heavy (non-hydrogen) atoms. The van der Waals surface area contributed by atoms with Gasteiger partial charge in [-0.25, -0.2) is 0 Å². The molecule has 0 atom stereocenters. The van der Waals surface area contributed by atoms with E-state index in [1.807, 2.05) is 20.8 Å². The largest absolute Gasteiger partial charge is 0.490 e. The first-order valence-corrected chi connectivity index (χ1v) is 9.06. The Balaban J connectivity index is 2.38. The van der Waals surface area contributed by atoms with Crippen LogP contribution in [0.1, 0.15) is 26.3 Å². The number of rotatable bonds is 7. The van der Waals surface area contributed by atoms with Crippen LogP contribution in [0.15, 0.2) is 29.7 Å². The average molecular weight is 382 g/mol. The topological polar surface area (TPSA) is 55.8 Å². The number of nitrogens with zero attached hydrogens (tertiary/aromatic N) is 1. The van der Waals surface area contributed by atoms with E-state index in [0.717, 1.165) is 16.7 Å². The summed E-state index contributed by atoms with van der Waals surface area (Å²) in [6.45, 7) is 9.85. The van der Waals surface area contributed by atoms with E-state index < -0.39 is 0 Å². The Bertz CT molecular complexity index is 730. The zero-order chi connectivity index (χ0) is 18.6. The van der Waals surface area contributed by atoms with Crippen molar-refractivity contribution in [3.05, 3.63) is 40.3 Å². The molecule has 0 spiro atoms. The first-order chi connectivity index (χ1) is 11.9. The third kappa shape index (κ3) is 4.58. The summed E-state index contributed by atoms with van der Waals surface area (Å²) in [4.78, 5) is 25.7. The number of ether oxygens (including phenoxy) is 2. The standard InChI is InChI=1S/C18H20ClNO4S/c1-5-7-20-17(21)15(25-18(20)22)10-12-8-13(19)16(24-11(3)4)14(9-12)23-6-2/h5,8-11H,1,6-7H2,2-4H3/b15-10-. The molecule has 1 aromatic carbocycles. The molecule has 0 saturated carbocycles. The molecule has 1 saturated heterocycles. The number of carbonyl (C=O) groups is 2. The zero-order valence-corrected chi connectivity index (χ0v) is 15.9. The van der Waals surface area contributed by atoms with Crippen molar-refractivity contribution < 1.29 is 19.1 Å². The third-order valence-electron chi connectivity index (χ3n) is 3.17. The van der Waals surface area contributed by atoms with Crippen LogP contribution in [0.25, 0.3) is 6.08 Å². The van der Waals surface area contributed by atoms with Crippen molar-refractivity contribution in [3.63, 3.8) is 0 Å². The maximum atomic E-state index is 12.3. The Hall–Kier alpha value is -1.92. The van der Waals surface area contributed by atoms with Gasteiger partial charge in [0.2, 0.25) is 0 Å². The van der Waals surface area contributed by atoms with E-state index in [4.69, 9.17) is 21.1 Å². The lowest BCUT2D eigenvalue weighted by atomic mass is 10.1. The van der Waals surface area contributed by atoms with Gasteiger partial charge in [0.05, 0.1) is 22.6 Å². The van der Waals surface area contributed by atoms with Crippen LogP contribution >= 0.6 is 23.4 Å². The van der Waals surface area contributed by atoms with Crippen LogP contribution in [0, 0.1) is 0 Å². The highest BCUT2D eigenvalue weighted by molar-refractivity contribution is 8.18. The van der Waals surface area contributed by atoms with Crippen molar-refractivity contribution in [3.8, 4) is 11.5 Å². The normalized spacial score (nSPS) is 16.0. The first kappa shape index (κ1) is 19.4. The van der Waals surface area contributed by atoms with Crippen molar-refractivity contribution in [1.29, 1.82) is 0 Å². The van der Waals surface area contributed by atoms with Gasteiger partial charge in [-0.05, 0) is 56.3 Å². The second-order valence-electron chi connectivity index (χ2n) is 5.51. The van der Waals surface area contributed by atoms with Crippen LogP contribution < -0.4 is 9.47 Å². The summed E-state index contributed by atoms with van der Waals surface area (Å²) >= 11 is 7.22. The number of benzene rings is 1. The lowest BCUT2D eigenvalue weighted by molar-refractivity contribution is -0.122. The maximum absolute atomic E-state index is 12.3. The lowest BCUT2D eigenvalue weighted by Gasteiger charge is -2.16. The molecular formula is C18H20ClNO4S. The molecule has 0 N–H and O–H groups in total. The monoisotopic (exact) mass is 381 g/mol. The molecule has 5 nitrogen and oxygen atoms in total. The van der Waals surface area contributed by atoms with E-state index in [9.17, 15) is 9.59 Å². The number of hydrogen-bond donors (Lipinski definition) is 0. The fraction of sp³-hybridized carbons (Fsp3) is 0.333. The van der Waals surface area contributed by atoms with Crippen molar-refractivity contribution in [2.45, 2.75) is 26.9 Å². The fourth-order valence-corrected chi connectivity index (χ4v) is 3.33. The minimum Gasteiger partial charge on any atom is -0.490 e. The summed E-state index contributed by atoms with van der Waals surface area (Å²) < 4.78 is 11.3. The Labute approximate surface area is 156 Å². The van der Waals surface area contributed by atoms with Gasteiger partial charge in [-0.3, -0.25) is 14.5 Å². The zero-order valence-electron chi connectivity index (χ0n) is 14.4.